The summed E-state index contributed by atoms with van der Waals surface area (Å²) in [6.07, 6.45) is 5.74. The highest BCUT2D eigenvalue weighted by atomic mass is 32.2. The van der Waals surface area contributed by atoms with Crippen molar-refractivity contribution in [1.82, 2.24) is 9.88 Å². The molecule has 1 fully saturated rings. The number of thiazole rings is 1. The van der Waals surface area contributed by atoms with Crippen LogP contribution in [0.2, 0.25) is 0 Å². The van der Waals surface area contributed by atoms with Crippen molar-refractivity contribution in [2.24, 2.45) is 10.7 Å². The van der Waals surface area contributed by atoms with Crippen molar-refractivity contribution < 1.29 is 4.79 Å². The summed E-state index contributed by atoms with van der Waals surface area (Å²) >= 11 is 2.77. The standard InChI is InChI=1S/C19H20N4OS2/c20-19-22-17(24)16(26-19)10-15-12-25-18(21-15)14-6-4-13(5-7-14)11-23-8-2-1-3-9-23/h4-7,10,12H,1-3,8-9,11H2,(H2,20,22,24)/b16-10+. The van der Waals surface area contributed by atoms with E-state index in [0.29, 0.717) is 10.1 Å². The number of nitrogens with two attached hydrogens (primary N) is 1. The predicted octanol–water partition coefficient (Wildman–Crippen LogP) is 3.73. The van der Waals surface area contributed by atoms with Gasteiger partial charge in [-0.3, -0.25) is 9.69 Å². The lowest BCUT2D eigenvalue weighted by Gasteiger charge is -2.26. The lowest BCUT2D eigenvalue weighted by molar-refractivity contribution is -0.113. The van der Waals surface area contributed by atoms with Crippen LogP contribution in [0.1, 0.15) is 30.5 Å². The van der Waals surface area contributed by atoms with E-state index < -0.39 is 0 Å². The average Bonchev–Trinajstić information content (AvgIpc) is 3.23. The molecule has 1 aromatic carbocycles. The number of aromatic nitrogens is 1. The molecule has 4 rings (SSSR count). The highest BCUT2D eigenvalue weighted by Gasteiger charge is 2.20. The van der Waals surface area contributed by atoms with Crippen molar-refractivity contribution in [3.05, 3.63) is 45.8 Å². The van der Waals surface area contributed by atoms with Gasteiger partial charge in [-0.15, -0.1) is 11.3 Å². The van der Waals surface area contributed by atoms with E-state index in [-0.39, 0.29) is 5.91 Å². The molecule has 0 saturated carbocycles. The van der Waals surface area contributed by atoms with Crippen molar-refractivity contribution >= 4 is 40.2 Å². The third-order valence-corrected chi connectivity index (χ3v) is 6.22. The molecule has 2 aliphatic heterocycles. The molecule has 0 spiro atoms. The maximum atomic E-state index is 11.7. The van der Waals surface area contributed by atoms with Crippen molar-refractivity contribution in [3.63, 3.8) is 0 Å². The minimum atomic E-state index is -0.288. The third-order valence-electron chi connectivity index (χ3n) is 4.49. The highest BCUT2D eigenvalue weighted by Crippen LogP contribution is 2.29. The molecule has 1 amide bonds. The topological polar surface area (TPSA) is 71.6 Å². The number of hydrogen-bond donors (Lipinski definition) is 1. The lowest BCUT2D eigenvalue weighted by atomic mass is 10.1. The molecule has 7 heteroatoms. The van der Waals surface area contributed by atoms with Gasteiger partial charge in [0, 0.05) is 17.5 Å². The van der Waals surface area contributed by atoms with Crippen LogP contribution in [-0.4, -0.2) is 34.0 Å². The first-order valence-corrected chi connectivity index (χ1v) is 10.4. The molecule has 2 aliphatic rings. The minimum absolute atomic E-state index is 0.288. The van der Waals surface area contributed by atoms with Gasteiger partial charge in [0.05, 0.1) is 10.6 Å². The van der Waals surface area contributed by atoms with E-state index in [0.717, 1.165) is 22.8 Å². The Labute approximate surface area is 161 Å². The van der Waals surface area contributed by atoms with Crippen LogP contribution in [0.3, 0.4) is 0 Å². The maximum absolute atomic E-state index is 11.7. The summed E-state index contributed by atoms with van der Waals surface area (Å²) in [5, 5.41) is 3.19. The first kappa shape index (κ1) is 17.5. The molecule has 0 radical (unpaired) electrons. The van der Waals surface area contributed by atoms with E-state index in [1.165, 1.54) is 49.7 Å². The fourth-order valence-electron chi connectivity index (χ4n) is 3.17. The van der Waals surface area contributed by atoms with E-state index in [4.69, 9.17) is 5.73 Å². The van der Waals surface area contributed by atoms with Crippen LogP contribution in [0.15, 0.2) is 39.5 Å². The van der Waals surface area contributed by atoms with E-state index >= 15 is 0 Å². The van der Waals surface area contributed by atoms with Crippen LogP contribution in [0.4, 0.5) is 0 Å². The van der Waals surface area contributed by atoms with Crippen LogP contribution >= 0.6 is 23.1 Å². The third kappa shape index (κ3) is 4.06. The summed E-state index contributed by atoms with van der Waals surface area (Å²) in [4.78, 5) is 23.1. The second-order valence-corrected chi connectivity index (χ2v) is 8.40. The number of thioether (sulfide) groups is 1. The Morgan fingerprint density at radius 2 is 1.92 bits per heavy atom. The Hall–Kier alpha value is -1.96. The van der Waals surface area contributed by atoms with E-state index in [1.807, 2.05) is 5.38 Å². The fourth-order valence-corrected chi connectivity index (χ4v) is 4.62. The van der Waals surface area contributed by atoms with Gasteiger partial charge in [0.2, 0.25) is 0 Å². The fraction of sp³-hybridized carbons (Fsp3) is 0.316. The van der Waals surface area contributed by atoms with Gasteiger partial charge in [0.15, 0.2) is 5.17 Å². The van der Waals surface area contributed by atoms with Crippen molar-refractivity contribution in [2.45, 2.75) is 25.8 Å². The molecular formula is C19H20N4OS2. The van der Waals surface area contributed by atoms with Gasteiger partial charge in [0.25, 0.3) is 5.91 Å². The zero-order valence-electron chi connectivity index (χ0n) is 14.4. The van der Waals surface area contributed by atoms with Gasteiger partial charge in [-0.05, 0) is 49.3 Å². The number of amides is 1. The number of piperidine rings is 1. The van der Waals surface area contributed by atoms with Crippen LogP contribution < -0.4 is 5.73 Å². The van der Waals surface area contributed by atoms with Crippen LogP contribution in [0, 0.1) is 0 Å². The number of aliphatic imine (C=N–C) groups is 1. The maximum Gasteiger partial charge on any atom is 0.286 e. The number of benzene rings is 1. The Bertz CT molecular complexity index is 864. The van der Waals surface area contributed by atoms with E-state index in [2.05, 4.69) is 39.1 Å². The van der Waals surface area contributed by atoms with Gasteiger partial charge in [-0.1, -0.05) is 30.7 Å². The van der Waals surface area contributed by atoms with Gasteiger partial charge in [0.1, 0.15) is 5.01 Å². The molecule has 0 atom stereocenters. The monoisotopic (exact) mass is 384 g/mol. The molecular weight excluding hydrogens is 364 g/mol. The van der Waals surface area contributed by atoms with Crippen molar-refractivity contribution in [1.29, 1.82) is 0 Å². The van der Waals surface area contributed by atoms with E-state index in [9.17, 15) is 4.79 Å². The Morgan fingerprint density at radius 3 is 2.62 bits per heavy atom. The first-order chi connectivity index (χ1) is 12.7. The van der Waals surface area contributed by atoms with Crippen LogP contribution in [0.5, 0.6) is 0 Å². The molecule has 5 nitrogen and oxygen atoms in total. The Kier molecular flexibility index (Phi) is 5.19. The molecule has 0 bridgehead atoms. The zero-order chi connectivity index (χ0) is 17.9. The highest BCUT2D eigenvalue weighted by molar-refractivity contribution is 8.18. The molecule has 134 valence electrons. The summed E-state index contributed by atoms with van der Waals surface area (Å²) in [6.45, 7) is 3.44. The molecule has 0 aliphatic carbocycles. The Balaban J connectivity index is 1.44. The van der Waals surface area contributed by atoms with Gasteiger partial charge >= 0.3 is 0 Å². The molecule has 0 unspecified atom stereocenters. The summed E-state index contributed by atoms with van der Waals surface area (Å²) in [5.74, 6) is -0.288. The zero-order valence-corrected chi connectivity index (χ0v) is 16.0. The number of nitrogens with zero attached hydrogens (tertiary/aromatic N) is 3. The Morgan fingerprint density at radius 1 is 1.15 bits per heavy atom. The molecule has 2 N–H and O–H groups in total. The number of carbonyl (C=O) groups excluding carboxylic acids is 1. The normalized spacial score (nSPS) is 19.9. The summed E-state index contributed by atoms with van der Waals surface area (Å²) in [5.41, 5.74) is 8.79. The number of carbonyl (C=O) groups is 1. The van der Waals surface area contributed by atoms with Crippen molar-refractivity contribution in [3.8, 4) is 10.6 Å². The number of likely N-dealkylation sites (tertiary alicyclic amines) is 1. The lowest BCUT2D eigenvalue weighted by Crippen LogP contribution is -2.28. The molecule has 2 aromatic rings. The number of amidine groups is 1. The first-order valence-electron chi connectivity index (χ1n) is 8.72. The SMILES string of the molecule is NC1=NC(=O)/C(=C\c2csc(-c3ccc(CN4CCCCC4)cc3)n2)S1. The molecule has 26 heavy (non-hydrogen) atoms. The minimum Gasteiger partial charge on any atom is -0.378 e. The summed E-state index contributed by atoms with van der Waals surface area (Å²) < 4.78 is 0. The van der Waals surface area contributed by atoms with Gasteiger partial charge < -0.3 is 5.73 Å². The number of rotatable bonds is 4. The quantitative estimate of drug-likeness (QED) is 0.814. The molecule has 1 aromatic heterocycles. The van der Waals surface area contributed by atoms with Gasteiger partial charge in [-0.25, -0.2) is 4.98 Å². The molecule has 3 heterocycles. The predicted molar refractivity (Wildman–Crippen MR) is 109 cm³/mol. The average molecular weight is 385 g/mol. The van der Waals surface area contributed by atoms with Crippen molar-refractivity contribution in [2.75, 3.05) is 13.1 Å². The van der Waals surface area contributed by atoms with E-state index in [1.54, 1.807) is 17.4 Å². The smallest absolute Gasteiger partial charge is 0.286 e. The van der Waals surface area contributed by atoms with Crippen LogP contribution in [0.25, 0.3) is 16.6 Å². The number of hydrogen-bond acceptors (Lipinski definition) is 6. The largest absolute Gasteiger partial charge is 0.378 e. The second kappa shape index (κ2) is 7.73. The second-order valence-electron chi connectivity index (χ2n) is 6.48. The molecule has 1 saturated heterocycles. The summed E-state index contributed by atoms with van der Waals surface area (Å²) in [6, 6.07) is 8.64. The van der Waals surface area contributed by atoms with Gasteiger partial charge in [-0.2, -0.15) is 4.99 Å². The van der Waals surface area contributed by atoms with Crippen LogP contribution in [-0.2, 0) is 11.3 Å². The summed E-state index contributed by atoms with van der Waals surface area (Å²) in [7, 11) is 0.